The second-order valence-electron chi connectivity index (χ2n) is 5.27. The standard InChI is InChI=1S/C15H16N2O4S2/c1-11(18)12-2-4-14(5-3-12)23(19,20)17-8-6-13(10-17)21-15-16-7-9-22-15/h2-5,7,9,13H,6,8,10H2,1H3. The number of hydrogen-bond acceptors (Lipinski definition) is 6. The molecule has 1 atom stereocenters. The van der Waals surface area contributed by atoms with E-state index in [0.29, 0.717) is 30.3 Å². The van der Waals surface area contributed by atoms with E-state index >= 15 is 0 Å². The number of ketones is 1. The van der Waals surface area contributed by atoms with E-state index in [1.807, 2.05) is 5.38 Å². The van der Waals surface area contributed by atoms with Crippen molar-refractivity contribution in [1.29, 1.82) is 0 Å². The van der Waals surface area contributed by atoms with Crippen molar-refractivity contribution in [3.63, 3.8) is 0 Å². The van der Waals surface area contributed by atoms with Crippen molar-refractivity contribution in [2.75, 3.05) is 13.1 Å². The summed E-state index contributed by atoms with van der Waals surface area (Å²) in [5, 5.41) is 2.37. The van der Waals surface area contributed by atoms with Crippen LogP contribution in [0.4, 0.5) is 0 Å². The van der Waals surface area contributed by atoms with Gasteiger partial charge in [0.15, 0.2) is 5.78 Å². The van der Waals surface area contributed by atoms with Crippen LogP contribution in [0, 0.1) is 0 Å². The first-order chi connectivity index (χ1) is 11.0. The molecule has 8 heteroatoms. The number of rotatable bonds is 5. The normalized spacial score (nSPS) is 18.9. The van der Waals surface area contributed by atoms with E-state index in [2.05, 4.69) is 4.98 Å². The highest BCUT2D eigenvalue weighted by atomic mass is 32.2. The van der Waals surface area contributed by atoms with Gasteiger partial charge in [-0.2, -0.15) is 4.31 Å². The van der Waals surface area contributed by atoms with Crippen molar-refractivity contribution in [2.24, 2.45) is 0 Å². The number of carbonyl (C=O) groups is 1. The summed E-state index contributed by atoms with van der Waals surface area (Å²) in [6.45, 7) is 2.16. The number of thiazole rings is 1. The maximum atomic E-state index is 12.6. The number of sulfonamides is 1. The SMILES string of the molecule is CC(=O)c1ccc(S(=O)(=O)N2CCC(Oc3nccs3)C2)cc1. The van der Waals surface area contributed by atoms with Crippen LogP contribution in [0.25, 0.3) is 0 Å². The first-order valence-corrected chi connectivity index (χ1v) is 9.46. The van der Waals surface area contributed by atoms with E-state index < -0.39 is 10.0 Å². The fourth-order valence-corrected chi connectivity index (χ4v) is 4.47. The van der Waals surface area contributed by atoms with Gasteiger partial charge in [0.25, 0.3) is 5.19 Å². The molecule has 1 unspecified atom stereocenters. The number of hydrogen-bond donors (Lipinski definition) is 0. The number of carbonyl (C=O) groups excluding carboxylic acids is 1. The molecule has 0 N–H and O–H groups in total. The van der Waals surface area contributed by atoms with Gasteiger partial charge in [-0.05, 0) is 25.5 Å². The Balaban J connectivity index is 1.71. The van der Waals surface area contributed by atoms with Gasteiger partial charge in [0.05, 0.1) is 11.4 Å². The zero-order valence-corrected chi connectivity index (χ0v) is 14.1. The maximum absolute atomic E-state index is 12.6. The molecule has 2 aromatic rings. The zero-order chi connectivity index (χ0) is 16.4. The van der Waals surface area contributed by atoms with E-state index in [-0.39, 0.29) is 16.8 Å². The molecule has 2 heterocycles. The number of aromatic nitrogens is 1. The monoisotopic (exact) mass is 352 g/mol. The molecule has 1 saturated heterocycles. The van der Waals surface area contributed by atoms with Crippen LogP contribution in [0.5, 0.6) is 5.19 Å². The molecule has 1 aliphatic heterocycles. The van der Waals surface area contributed by atoms with Crippen LogP contribution in [0.1, 0.15) is 23.7 Å². The van der Waals surface area contributed by atoms with E-state index in [9.17, 15) is 13.2 Å². The van der Waals surface area contributed by atoms with Gasteiger partial charge in [-0.3, -0.25) is 4.79 Å². The summed E-state index contributed by atoms with van der Waals surface area (Å²) in [5.41, 5.74) is 0.496. The van der Waals surface area contributed by atoms with Crippen molar-refractivity contribution < 1.29 is 17.9 Å². The molecule has 0 radical (unpaired) electrons. The summed E-state index contributed by atoms with van der Waals surface area (Å²) in [4.78, 5) is 15.5. The minimum Gasteiger partial charge on any atom is -0.465 e. The van der Waals surface area contributed by atoms with Crippen LogP contribution in [-0.4, -0.2) is 42.7 Å². The Morgan fingerprint density at radius 3 is 2.70 bits per heavy atom. The van der Waals surface area contributed by atoms with Gasteiger partial charge in [-0.25, -0.2) is 13.4 Å². The molecule has 6 nitrogen and oxygen atoms in total. The molecule has 3 rings (SSSR count). The van der Waals surface area contributed by atoms with Gasteiger partial charge >= 0.3 is 0 Å². The lowest BCUT2D eigenvalue weighted by Crippen LogP contribution is -2.31. The van der Waals surface area contributed by atoms with E-state index in [0.717, 1.165) is 0 Å². The molecular weight excluding hydrogens is 336 g/mol. The highest BCUT2D eigenvalue weighted by Crippen LogP contribution is 2.25. The second kappa shape index (κ2) is 6.38. The molecule has 0 spiro atoms. The van der Waals surface area contributed by atoms with Gasteiger partial charge in [0, 0.05) is 23.7 Å². The first-order valence-electron chi connectivity index (χ1n) is 7.14. The number of benzene rings is 1. The average Bonchev–Trinajstić information content (AvgIpc) is 3.20. The Hall–Kier alpha value is -1.77. The van der Waals surface area contributed by atoms with Gasteiger partial charge in [0.2, 0.25) is 10.0 Å². The van der Waals surface area contributed by atoms with Gasteiger partial charge in [-0.15, -0.1) is 0 Å². The lowest BCUT2D eigenvalue weighted by atomic mass is 10.2. The van der Waals surface area contributed by atoms with Crippen LogP contribution in [0.15, 0.2) is 40.7 Å². The van der Waals surface area contributed by atoms with Crippen molar-refractivity contribution in [3.05, 3.63) is 41.4 Å². The number of ether oxygens (including phenoxy) is 1. The Morgan fingerprint density at radius 2 is 2.09 bits per heavy atom. The van der Waals surface area contributed by atoms with Crippen molar-refractivity contribution in [2.45, 2.75) is 24.3 Å². The number of nitrogens with zero attached hydrogens (tertiary/aromatic N) is 2. The van der Waals surface area contributed by atoms with Crippen molar-refractivity contribution in [3.8, 4) is 5.19 Å². The summed E-state index contributed by atoms with van der Waals surface area (Å²) in [6.07, 6.45) is 2.09. The van der Waals surface area contributed by atoms with E-state index in [1.54, 1.807) is 6.20 Å². The molecular formula is C15H16N2O4S2. The minimum atomic E-state index is -3.57. The lowest BCUT2D eigenvalue weighted by Gasteiger charge is -2.16. The summed E-state index contributed by atoms with van der Waals surface area (Å²) in [5.74, 6) is -0.0907. The predicted molar refractivity (Wildman–Crippen MR) is 86.4 cm³/mol. The highest BCUT2D eigenvalue weighted by Gasteiger charge is 2.34. The van der Waals surface area contributed by atoms with Crippen molar-refractivity contribution >= 4 is 27.1 Å². The molecule has 0 bridgehead atoms. The van der Waals surface area contributed by atoms with Crippen LogP contribution < -0.4 is 4.74 Å². The van der Waals surface area contributed by atoms with Crippen LogP contribution in [0.2, 0.25) is 0 Å². The van der Waals surface area contributed by atoms with E-state index in [4.69, 9.17) is 4.74 Å². The first kappa shape index (κ1) is 16.1. The summed E-state index contributed by atoms with van der Waals surface area (Å²) in [7, 11) is -3.57. The molecule has 1 aromatic carbocycles. The summed E-state index contributed by atoms with van der Waals surface area (Å²) < 4.78 is 32.4. The summed E-state index contributed by atoms with van der Waals surface area (Å²) >= 11 is 1.39. The quantitative estimate of drug-likeness (QED) is 0.771. The Kier molecular flexibility index (Phi) is 4.47. The predicted octanol–water partition coefficient (Wildman–Crippen LogP) is 2.19. The molecule has 0 aliphatic carbocycles. The largest absolute Gasteiger partial charge is 0.465 e. The molecule has 0 amide bonds. The van der Waals surface area contributed by atoms with Crippen molar-refractivity contribution in [1.82, 2.24) is 9.29 Å². The topological polar surface area (TPSA) is 76.6 Å². The third-order valence-corrected chi connectivity index (χ3v) is 6.22. The summed E-state index contributed by atoms with van der Waals surface area (Å²) in [6, 6.07) is 6.02. The third kappa shape index (κ3) is 3.44. The molecule has 122 valence electrons. The smallest absolute Gasteiger partial charge is 0.273 e. The third-order valence-electron chi connectivity index (χ3n) is 3.68. The maximum Gasteiger partial charge on any atom is 0.273 e. The zero-order valence-electron chi connectivity index (χ0n) is 12.5. The molecule has 0 saturated carbocycles. The van der Waals surface area contributed by atoms with Gasteiger partial charge in [-0.1, -0.05) is 23.5 Å². The second-order valence-corrected chi connectivity index (χ2v) is 8.07. The fraction of sp³-hybridized carbons (Fsp3) is 0.333. The van der Waals surface area contributed by atoms with Crippen LogP contribution in [0.3, 0.4) is 0 Å². The Bertz CT molecular complexity index is 785. The molecule has 1 aliphatic rings. The van der Waals surface area contributed by atoms with Gasteiger partial charge < -0.3 is 4.74 Å². The van der Waals surface area contributed by atoms with Gasteiger partial charge in [0.1, 0.15) is 6.10 Å². The van der Waals surface area contributed by atoms with E-state index in [1.165, 1.54) is 46.8 Å². The molecule has 1 fully saturated rings. The lowest BCUT2D eigenvalue weighted by molar-refractivity contribution is 0.101. The molecule has 1 aromatic heterocycles. The number of Topliss-reactive ketones (excluding diaryl/α,β-unsaturated/α-hetero) is 1. The van der Waals surface area contributed by atoms with Crippen LogP contribution >= 0.6 is 11.3 Å². The Labute approximate surface area is 138 Å². The fourth-order valence-electron chi connectivity index (χ4n) is 2.43. The molecule has 23 heavy (non-hydrogen) atoms. The minimum absolute atomic E-state index is 0.0907. The Morgan fingerprint density at radius 1 is 1.35 bits per heavy atom. The van der Waals surface area contributed by atoms with Crippen LogP contribution in [-0.2, 0) is 10.0 Å². The highest BCUT2D eigenvalue weighted by molar-refractivity contribution is 7.89. The average molecular weight is 352 g/mol.